The molecule has 0 saturated heterocycles. The number of tetrazole rings is 1. The van der Waals surface area contributed by atoms with Crippen molar-refractivity contribution in [3.05, 3.63) is 59.1 Å². The van der Waals surface area contributed by atoms with Gasteiger partial charge >= 0.3 is 0 Å². The maximum Gasteiger partial charge on any atom is 0.242 e. The van der Waals surface area contributed by atoms with E-state index in [9.17, 15) is 9.90 Å². The Bertz CT molecular complexity index is 887. The number of aromatic hydroxyl groups is 1. The molecule has 2 N–H and O–H groups in total. The molecule has 0 radical (unpaired) electrons. The summed E-state index contributed by atoms with van der Waals surface area (Å²) < 4.78 is 1.49. The number of nitrogens with zero attached hydrogens (tertiary/aromatic N) is 4. The molecular formula is C16H14ClN5O2S. The number of phenolic OH excluding ortho intramolecular Hbond substituents is 1. The van der Waals surface area contributed by atoms with E-state index in [2.05, 4.69) is 20.8 Å². The SMILES string of the molecule is Cn1nnnc1SC(C(=O)Nc1cc(Cl)ccc1O)c1ccccc1. The molecule has 9 heteroatoms. The van der Waals surface area contributed by atoms with E-state index in [1.54, 1.807) is 13.1 Å². The molecule has 3 aromatic rings. The summed E-state index contributed by atoms with van der Waals surface area (Å²) in [5.74, 6) is -0.383. The van der Waals surface area contributed by atoms with Gasteiger partial charge in [-0.1, -0.05) is 53.7 Å². The topological polar surface area (TPSA) is 92.9 Å². The molecular weight excluding hydrogens is 362 g/mol. The van der Waals surface area contributed by atoms with Crippen LogP contribution in [0.25, 0.3) is 0 Å². The third kappa shape index (κ3) is 4.09. The van der Waals surface area contributed by atoms with Crippen molar-refractivity contribution in [1.29, 1.82) is 0 Å². The number of anilines is 1. The van der Waals surface area contributed by atoms with Crippen molar-refractivity contribution in [2.24, 2.45) is 7.05 Å². The van der Waals surface area contributed by atoms with Crippen molar-refractivity contribution >= 4 is 35.0 Å². The molecule has 0 aliphatic rings. The normalized spacial score (nSPS) is 11.9. The molecule has 1 amide bonds. The van der Waals surface area contributed by atoms with Gasteiger partial charge in [0.25, 0.3) is 0 Å². The number of thioether (sulfide) groups is 1. The molecule has 0 saturated carbocycles. The monoisotopic (exact) mass is 375 g/mol. The predicted molar refractivity (Wildman–Crippen MR) is 95.6 cm³/mol. The minimum Gasteiger partial charge on any atom is -0.506 e. The van der Waals surface area contributed by atoms with Gasteiger partial charge in [-0.25, -0.2) is 4.68 Å². The van der Waals surface area contributed by atoms with Crippen molar-refractivity contribution in [2.75, 3.05) is 5.32 Å². The lowest BCUT2D eigenvalue weighted by Crippen LogP contribution is -2.19. The highest BCUT2D eigenvalue weighted by Crippen LogP contribution is 2.36. The molecule has 0 fully saturated rings. The Morgan fingerprint density at radius 1 is 1.28 bits per heavy atom. The third-order valence-corrected chi connectivity index (χ3v) is 4.88. The Morgan fingerprint density at radius 2 is 2.04 bits per heavy atom. The molecule has 1 unspecified atom stereocenters. The highest BCUT2D eigenvalue weighted by molar-refractivity contribution is 8.00. The Balaban J connectivity index is 1.89. The first kappa shape index (κ1) is 17.2. The summed E-state index contributed by atoms with van der Waals surface area (Å²) in [7, 11) is 1.70. The largest absolute Gasteiger partial charge is 0.506 e. The van der Waals surface area contributed by atoms with E-state index >= 15 is 0 Å². The van der Waals surface area contributed by atoms with Crippen LogP contribution in [-0.4, -0.2) is 31.2 Å². The molecule has 1 heterocycles. The van der Waals surface area contributed by atoms with Gasteiger partial charge < -0.3 is 10.4 Å². The van der Waals surface area contributed by atoms with Gasteiger partial charge in [-0.15, -0.1) is 5.10 Å². The van der Waals surface area contributed by atoms with E-state index < -0.39 is 5.25 Å². The first-order valence-corrected chi connectivity index (χ1v) is 8.53. The number of hydrogen-bond acceptors (Lipinski definition) is 6. The number of carbonyl (C=O) groups is 1. The van der Waals surface area contributed by atoms with Crippen molar-refractivity contribution in [3.8, 4) is 5.75 Å². The van der Waals surface area contributed by atoms with Gasteiger partial charge in [-0.2, -0.15) is 0 Å². The minimum absolute atomic E-state index is 0.0603. The standard InChI is InChI=1S/C16H14ClN5O2S/c1-22-16(19-20-21-22)25-14(10-5-3-2-4-6-10)15(24)18-12-9-11(17)7-8-13(12)23/h2-9,14,23H,1H3,(H,18,24). The number of hydrogen-bond donors (Lipinski definition) is 2. The Kier molecular flexibility index (Phi) is 5.20. The molecule has 0 spiro atoms. The first-order valence-electron chi connectivity index (χ1n) is 7.28. The second-order valence-electron chi connectivity index (χ2n) is 5.14. The van der Waals surface area contributed by atoms with Gasteiger partial charge in [0.1, 0.15) is 11.0 Å². The molecule has 0 aliphatic carbocycles. The highest BCUT2D eigenvalue weighted by Gasteiger charge is 2.25. The number of phenols is 1. The van der Waals surface area contributed by atoms with Crippen LogP contribution in [0.5, 0.6) is 5.75 Å². The van der Waals surface area contributed by atoms with E-state index in [1.165, 1.54) is 28.6 Å². The zero-order valence-electron chi connectivity index (χ0n) is 13.1. The van der Waals surface area contributed by atoms with Crippen LogP contribution in [0.3, 0.4) is 0 Å². The molecule has 2 aromatic carbocycles. The Hall–Kier alpha value is -2.58. The van der Waals surface area contributed by atoms with Crippen LogP contribution in [0.15, 0.2) is 53.7 Å². The fourth-order valence-corrected chi connectivity index (χ4v) is 3.25. The molecule has 128 valence electrons. The molecule has 0 aliphatic heterocycles. The summed E-state index contributed by atoms with van der Waals surface area (Å²) in [6, 6.07) is 13.7. The van der Waals surface area contributed by atoms with Gasteiger partial charge in [0.05, 0.1) is 5.69 Å². The number of rotatable bonds is 5. The molecule has 1 atom stereocenters. The zero-order chi connectivity index (χ0) is 17.8. The average Bonchev–Trinajstić information content (AvgIpc) is 3.01. The molecule has 25 heavy (non-hydrogen) atoms. The number of halogens is 1. The summed E-state index contributed by atoms with van der Waals surface area (Å²) in [4.78, 5) is 12.9. The Labute approximate surface area is 153 Å². The third-order valence-electron chi connectivity index (χ3n) is 3.36. The number of aromatic nitrogens is 4. The Morgan fingerprint density at radius 3 is 2.72 bits per heavy atom. The number of benzene rings is 2. The lowest BCUT2D eigenvalue weighted by molar-refractivity contribution is -0.115. The summed E-state index contributed by atoms with van der Waals surface area (Å²) in [6.45, 7) is 0. The summed E-state index contributed by atoms with van der Waals surface area (Å²) >= 11 is 7.15. The van der Waals surface area contributed by atoms with Gasteiger partial charge in [-0.05, 0) is 34.2 Å². The zero-order valence-corrected chi connectivity index (χ0v) is 14.7. The van der Waals surface area contributed by atoms with Crippen LogP contribution >= 0.6 is 23.4 Å². The fraction of sp³-hybridized carbons (Fsp3) is 0.125. The van der Waals surface area contributed by atoms with E-state index in [1.807, 2.05) is 30.3 Å². The quantitative estimate of drug-likeness (QED) is 0.526. The first-order chi connectivity index (χ1) is 12.0. The predicted octanol–water partition coefficient (Wildman–Crippen LogP) is 3.04. The molecule has 1 aromatic heterocycles. The van der Waals surface area contributed by atoms with Gasteiger partial charge in [0, 0.05) is 12.1 Å². The molecule has 7 nitrogen and oxygen atoms in total. The van der Waals surface area contributed by atoms with Crippen molar-refractivity contribution in [3.63, 3.8) is 0 Å². The van der Waals surface area contributed by atoms with Crippen molar-refractivity contribution < 1.29 is 9.90 Å². The van der Waals surface area contributed by atoms with Crippen LogP contribution in [0, 0.1) is 0 Å². The van der Waals surface area contributed by atoms with Crippen LogP contribution in [-0.2, 0) is 11.8 Å². The summed E-state index contributed by atoms with van der Waals surface area (Å²) in [5, 5.41) is 24.2. The van der Waals surface area contributed by atoms with Crippen LogP contribution in [0.4, 0.5) is 5.69 Å². The van der Waals surface area contributed by atoms with Crippen molar-refractivity contribution in [1.82, 2.24) is 20.2 Å². The van der Waals surface area contributed by atoms with Crippen LogP contribution in [0.1, 0.15) is 10.8 Å². The number of amides is 1. The number of carbonyl (C=O) groups excluding carboxylic acids is 1. The minimum atomic E-state index is -0.607. The number of aryl methyl sites for hydroxylation is 1. The van der Waals surface area contributed by atoms with Gasteiger partial charge in [-0.3, -0.25) is 4.79 Å². The summed E-state index contributed by atoms with van der Waals surface area (Å²) in [5.41, 5.74) is 1.03. The van der Waals surface area contributed by atoms with Gasteiger partial charge in [0.15, 0.2) is 0 Å². The lowest BCUT2D eigenvalue weighted by Gasteiger charge is -2.16. The second kappa shape index (κ2) is 7.54. The van der Waals surface area contributed by atoms with E-state index in [4.69, 9.17) is 11.6 Å². The maximum atomic E-state index is 12.9. The highest BCUT2D eigenvalue weighted by atomic mass is 35.5. The van der Waals surface area contributed by atoms with E-state index in [-0.39, 0.29) is 17.3 Å². The second-order valence-corrected chi connectivity index (χ2v) is 6.65. The molecule has 0 bridgehead atoms. The van der Waals surface area contributed by atoms with Crippen molar-refractivity contribution in [2.45, 2.75) is 10.4 Å². The average molecular weight is 376 g/mol. The smallest absolute Gasteiger partial charge is 0.242 e. The summed E-state index contributed by atoms with van der Waals surface area (Å²) in [6.07, 6.45) is 0. The van der Waals surface area contributed by atoms with E-state index in [0.717, 1.165) is 5.56 Å². The fourth-order valence-electron chi connectivity index (χ4n) is 2.13. The number of nitrogens with one attached hydrogen (secondary N) is 1. The van der Waals surface area contributed by atoms with Crippen LogP contribution in [0.2, 0.25) is 5.02 Å². The molecule has 3 rings (SSSR count). The maximum absolute atomic E-state index is 12.9. The van der Waals surface area contributed by atoms with Gasteiger partial charge in [0.2, 0.25) is 11.1 Å². The lowest BCUT2D eigenvalue weighted by atomic mass is 10.1. The van der Waals surface area contributed by atoms with Crippen LogP contribution < -0.4 is 5.32 Å². The van der Waals surface area contributed by atoms with E-state index in [0.29, 0.717) is 10.2 Å².